The van der Waals surface area contributed by atoms with Crippen LogP contribution in [0.1, 0.15) is 39.5 Å². The van der Waals surface area contributed by atoms with Crippen LogP contribution in [0.2, 0.25) is 0 Å². The lowest BCUT2D eigenvalue weighted by Gasteiger charge is -2.24. The zero-order valence-electron chi connectivity index (χ0n) is 11.4. The molecule has 0 aliphatic rings. The first-order valence-electron chi connectivity index (χ1n) is 6.56. The van der Waals surface area contributed by atoms with Crippen molar-refractivity contribution in [3.05, 3.63) is 27.8 Å². The third-order valence-electron chi connectivity index (χ3n) is 3.10. The van der Waals surface area contributed by atoms with E-state index in [2.05, 4.69) is 34.0 Å². The van der Waals surface area contributed by atoms with E-state index in [0.29, 0.717) is 12.8 Å². The Morgan fingerprint density at radius 3 is 2.21 bits per heavy atom. The fourth-order valence-electron chi connectivity index (χ4n) is 2.15. The van der Waals surface area contributed by atoms with Gasteiger partial charge in [0.25, 0.3) is 0 Å². The van der Waals surface area contributed by atoms with Gasteiger partial charge in [0.05, 0.1) is 6.07 Å². The Hall–Kier alpha value is -1.09. The minimum atomic E-state index is -0.896. The van der Waals surface area contributed by atoms with Gasteiger partial charge in [0.1, 0.15) is 5.41 Å². The van der Waals surface area contributed by atoms with Crippen molar-refractivity contribution in [1.82, 2.24) is 0 Å². The number of amides is 1. The number of benzene rings is 1. The molecule has 1 rings (SSSR count). The Kier molecular flexibility index (Phi) is 6.29. The number of nitriles is 1. The highest BCUT2D eigenvalue weighted by Crippen LogP contribution is 2.30. The van der Waals surface area contributed by atoms with Gasteiger partial charge in [-0.05, 0) is 59.7 Å². The van der Waals surface area contributed by atoms with Crippen LogP contribution in [0.3, 0.4) is 0 Å². The number of rotatable bonds is 6. The maximum absolute atomic E-state index is 12.4. The van der Waals surface area contributed by atoms with Gasteiger partial charge in [0.15, 0.2) is 0 Å². The number of nitrogens with one attached hydrogen (secondary N) is 1. The monoisotopic (exact) mass is 370 g/mol. The highest BCUT2D eigenvalue weighted by atomic mass is 127. The van der Waals surface area contributed by atoms with Crippen LogP contribution in [0.25, 0.3) is 0 Å². The molecule has 19 heavy (non-hydrogen) atoms. The number of carbonyl (C=O) groups excluding carboxylic acids is 1. The first kappa shape index (κ1) is 16.0. The van der Waals surface area contributed by atoms with Gasteiger partial charge in [-0.2, -0.15) is 5.26 Å². The Morgan fingerprint density at radius 1 is 1.26 bits per heavy atom. The summed E-state index contributed by atoms with van der Waals surface area (Å²) in [5.74, 6) is -0.181. The van der Waals surface area contributed by atoms with Crippen molar-refractivity contribution in [2.24, 2.45) is 5.41 Å². The predicted molar refractivity (Wildman–Crippen MR) is 85.7 cm³/mol. The summed E-state index contributed by atoms with van der Waals surface area (Å²) in [5, 5.41) is 12.3. The van der Waals surface area contributed by atoms with E-state index in [4.69, 9.17) is 0 Å². The minimum absolute atomic E-state index is 0.181. The summed E-state index contributed by atoms with van der Waals surface area (Å²) < 4.78 is 1.12. The molecule has 0 bridgehead atoms. The van der Waals surface area contributed by atoms with Crippen LogP contribution >= 0.6 is 22.6 Å². The molecule has 102 valence electrons. The van der Waals surface area contributed by atoms with Crippen LogP contribution in [-0.2, 0) is 4.79 Å². The molecule has 0 spiro atoms. The Bertz CT molecular complexity index is 456. The van der Waals surface area contributed by atoms with E-state index in [9.17, 15) is 10.1 Å². The highest BCUT2D eigenvalue weighted by molar-refractivity contribution is 14.1. The Balaban J connectivity index is 2.88. The van der Waals surface area contributed by atoms with E-state index in [1.165, 1.54) is 0 Å². The van der Waals surface area contributed by atoms with Crippen LogP contribution in [0.5, 0.6) is 0 Å². The van der Waals surface area contributed by atoms with E-state index in [1.54, 1.807) is 0 Å². The molecule has 1 aromatic carbocycles. The molecule has 1 N–H and O–H groups in total. The maximum Gasteiger partial charge on any atom is 0.244 e. The summed E-state index contributed by atoms with van der Waals surface area (Å²) in [6.07, 6.45) is 2.86. The lowest BCUT2D eigenvalue weighted by molar-refractivity contribution is -0.123. The summed E-state index contributed by atoms with van der Waals surface area (Å²) in [7, 11) is 0. The van der Waals surface area contributed by atoms with Crippen LogP contribution in [-0.4, -0.2) is 5.91 Å². The summed E-state index contributed by atoms with van der Waals surface area (Å²) >= 11 is 2.22. The molecule has 4 heteroatoms. The van der Waals surface area contributed by atoms with Crippen molar-refractivity contribution in [3.63, 3.8) is 0 Å². The molecule has 0 fully saturated rings. The number of carbonyl (C=O) groups is 1. The molecule has 1 amide bonds. The first-order chi connectivity index (χ1) is 9.07. The van der Waals surface area contributed by atoms with Crippen LogP contribution in [0.4, 0.5) is 5.69 Å². The molecular weight excluding hydrogens is 351 g/mol. The van der Waals surface area contributed by atoms with Crippen LogP contribution < -0.4 is 5.32 Å². The van der Waals surface area contributed by atoms with E-state index < -0.39 is 5.41 Å². The van der Waals surface area contributed by atoms with Gasteiger partial charge in [0.2, 0.25) is 5.91 Å². The van der Waals surface area contributed by atoms with Crippen LogP contribution in [0, 0.1) is 20.3 Å². The standard InChI is InChI=1S/C15H19IN2O/c1-3-9-15(11-17,10-4-2)14(19)18-13-7-5-12(16)6-8-13/h5-8H,3-4,9-10H2,1-2H3,(H,18,19). The summed E-state index contributed by atoms with van der Waals surface area (Å²) in [6, 6.07) is 9.83. The van der Waals surface area contributed by atoms with Crippen LogP contribution in [0.15, 0.2) is 24.3 Å². The number of halogens is 1. The van der Waals surface area contributed by atoms with Crippen molar-refractivity contribution >= 4 is 34.2 Å². The predicted octanol–water partition coefficient (Wildman–Crippen LogP) is 4.34. The number of anilines is 1. The molecule has 3 nitrogen and oxygen atoms in total. The molecular formula is C15H19IN2O. The lowest BCUT2D eigenvalue weighted by atomic mass is 9.79. The molecule has 0 atom stereocenters. The van der Waals surface area contributed by atoms with Gasteiger partial charge in [-0.3, -0.25) is 4.79 Å². The molecule has 1 aromatic rings. The quantitative estimate of drug-likeness (QED) is 0.758. The number of nitrogens with zero attached hydrogens (tertiary/aromatic N) is 1. The van der Waals surface area contributed by atoms with Gasteiger partial charge in [-0.1, -0.05) is 26.7 Å². The smallest absolute Gasteiger partial charge is 0.244 e. The molecule has 0 aromatic heterocycles. The summed E-state index contributed by atoms with van der Waals surface area (Å²) in [4.78, 5) is 12.4. The van der Waals surface area contributed by atoms with Gasteiger partial charge >= 0.3 is 0 Å². The normalized spacial score (nSPS) is 10.8. The Morgan fingerprint density at radius 2 is 1.79 bits per heavy atom. The number of hydrogen-bond acceptors (Lipinski definition) is 2. The molecule has 0 saturated carbocycles. The van der Waals surface area contributed by atoms with Crippen molar-refractivity contribution in [2.75, 3.05) is 5.32 Å². The molecule has 0 saturated heterocycles. The van der Waals surface area contributed by atoms with Crippen molar-refractivity contribution in [1.29, 1.82) is 5.26 Å². The van der Waals surface area contributed by atoms with Gasteiger partial charge in [-0.25, -0.2) is 0 Å². The fourth-order valence-corrected chi connectivity index (χ4v) is 2.51. The van der Waals surface area contributed by atoms with Gasteiger partial charge in [-0.15, -0.1) is 0 Å². The fraction of sp³-hybridized carbons (Fsp3) is 0.467. The average Bonchev–Trinajstić information content (AvgIpc) is 2.41. The second kappa shape index (κ2) is 7.49. The topological polar surface area (TPSA) is 52.9 Å². The van der Waals surface area contributed by atoms with Crippen molar-refractivity contribution in [3.8, 4) is 6.07 Å². The van der Waals surface area contributed by atoms with Crippen molar-refractivity contribution < 1.29 is 4.79 Å². The van der Waals surface area contributed by atoms with E-state index in [-0.39, 0.29) is 5.91 Å². The van der Waals surface area contributed by atoms with E-state index in [0.717, 1.165) is 22.1 Å². The summed E-state index contributed by atoms with van der Waals surface area (Å²) in [6.45, 7) is 4.00. The van der Waals surface area contributed by atoms with E-state index in [1.807, 2.05) is 38.1 Å². The Labute approximate surface area is 128 Å². The molecule has 0 radical (unpaired) electrons. The third-order valence-corrected chi connectivity index (χ3v) is 3.82. The SMILES string of the molecule is CCCC(C#N)(CCC)C(=O)Nc1ccc(I)cc1. The van der Waals surface area contributed by atoms with Gasteiger partial charge in [0, 0.05) is 9.26 Å². The van der Waals surface area contributed by atoms with Gasteiger partial charge < -0.3 is 5.32 Å². The highest BCUT2D eigenvalue weighted by Gasteiger charge is 2.36. The molecule has 0 unspecified atom stereocenters. The first-order valence-corrected chi connectivity index (χ1v) is 7.64. The lowest BCUT2D eigenvalue weighted by Crippen LogP contribution is -2.35. The molecule has 0 aliphatic heterocycles. The zero-order valence-corrected chi connectivity index (χ0v) is 13.5. The zero-order chi connectivity index (χ0) is 14.3. The van der Waals surface area contributed by atoms with Crippen molar-refractivity contribution in [2.45, 2.75) is 39.5 Å². The minimum Gasteiger partial charge on any atom is -0.325 e. The molecule has 0 heterocycles. The summed E-state index contributed by atoms with van der Waals surface area (Å²) in [5.41, 5.74) is -0.149. The number of hydrogen-bond donors (Lipinski definition) is 1. The molecule has 0 aliphatic carbocycles. The average molecular weight is 370 g/mol. The van der Waals surface area contributed by atoms with E-state index >= 15 is 0 Å². The maximum atomic E-state index is 12.4. The second-order valence-electron chi connectivity index (χ2n) is 4.65. The largest absolute Gasteiger partial charge is 0.325 e. The third kappa shape index (κ3) is 4.20. The second-order valence-corrected chi connectivity index (χ2v) is 5.90.